The van der Waals surface area contributed by atoms with E-state index in [-0.39, 0.29) is 17.7 Å². The van der Waals surface area contributed by atoms with E-state index in [1.165, 1.54) is 6.21 Å². The lowest BCUT2D eigenvalue weighted by Crippen LogP contribution is -2.50. The summed E-state index contributed by atoms with van der Waals surface area (Å²) < 4.78 is 10.4. The number of carbonyl (C=O) groups is 1. The molecule has 2 rings (SSSR count). The number of hydrogen-bond acceptors (Lipinski definition) is 7. The lowest BCUT2D eigenvalue weighted by Gasteiger charge is -2.36. The summed E-state index contributed by atoms with van der Waals surface area (Å²) >= 11 is 0. The van der Waals surface area contributed by atoms with Crippen molar-refractivity contribution in [3.8, 4) is 0 Å². The van der Waals surface area contributed by atoms with Crippen molar-refractivity contribution in [3.63, 3.8) is 0 Å². The van der Waals surface area contributed by atoms with E-state index in [4.69, 9.17) is 14.9 Å². The fourth-order valence-corrected chi connectivity index (χ4v) is 2.37. The Balaban J connectivity index is 0. The summed E-state index contributed by atoms with van der Waals surface area (Å²) in [5.74, 6) is 0. The molecule has 1 fully saturated rings. The predicted molar refractivity (Wildman–Crippen MR) is 131 cm³/mol. The van der Waals surface area contributed by atoms with Crippen LogP contribution in [-0.4, -0.2) is 67.6 Å². The Labute approximate surface area is 188 Å². The van der Waals surface area contributed by atoms with Gasteiger partial charge in [0.2, 0.25) is 6.41 Å². The van der Waals surface area contributed by atoms with Crippen LogP contribution >= 0.6 is 0 Å². The summed E-state index contributed by atoms with van der Waals surface area (Å²) in [6.45, 7) is 16.7. The van der Waals surface area contributed by atoms with Gasteiger partial charge in [0.15, 0.2) is 0 Å². The molecule has 0 aromatic carbocycles. The summed E-state index contributed by atoms with van der Waals surface area (Å²) in [6, 6.07) is 2.13. The molecule has 1 amide bonds. The third kappa shape index (κ3) is 15.1. The normalized spacial score (nSPS) is 17.2. The van der Waals surface area contributed by atoms with Gasteiger partial charge in [-0.15, -0.1) is 0 Å². The Kier molecular flexibility index (Phi) is 18.2. The number of nitrogens with one attached hydrogen (secondary N) is 3. The number of rotatable bonds is 6. The van der Waals surface area contributed by atoms with Crippen LogP contribution < -0.4 is 10.6 Å². The first kappa shape index (κ1) is 30.7. The van der Waals surface area contributed by atoms with Crippen molar-refractivity contribution in [2.75, 3.05) is 37.9 Å². The van der Waals surface area contributed by atoms with Gasteiger partial charge in [-0.2, -0.15) is 0 Å². The molecule has 1 aromatic heterocycles. The van der Waals surface area contributed by atoms with Crippen LogP contribution in [0.5, 0.6) is 0 Å². The summed E-state index contributed by atoms with van der Waals surface area (Å²) in [6.07, 6.45) is 8.06. The molecule has 0 spiro atoms. The smallest absolute Gasteiger partial charge is 0.209 e. The number of hydrogen-bond donors (Lipinski definition) is 3. The Bertz CT molecular complexity index is 605. The highest BCUT2D eigenvalue weighted by atomic mass is 16.5. The van der Waals surface area contributed by atoms with Crippen molar-refractivity contribution in [1.29, 1.82) is 5.41 Å². The monoisotopic (exact) mass is 437 g/mol. The van der Waals surface area contributed by atoms with E-state index < -0.39 is 0 Å². The van der Waals surface area contributed by atoms with Crippen LogP contribution in [-0.2, 0) is 14.3 Å². The zero-order valence-electron chi connectivity index (χ0n) is 20.6. The van der Waals surface area contributed by atoms with E-state index in [0.717, 1.165) is 30.8 Å². The highest BCUT2D eigenvalue weighted by Crippen LogP contribution is 2.20. The van der Waals surface area contributed by atoms with Crippen molar-refractivity contribution in [1.82, 2.24) is 9.88 Å². The minimum atomic E-state index is -0.0232. The molecule has 1 aromatic rings. The average Bonchev–Trinajstić information content (AvgIpc) is 2.76. The van der Waals surface area contributed by atoms with Crippen molar-refractivity contribution in [2.24, 2.45) is 0 Å². The molecule has 0 aliphatic carbocycles. The zero-order chi connectivity index (χ0) is 24.3. The molecule has 2 atom stereocenters. The van der Waals surface area contributed by atoms with Gasteiger partial charge >= 0.3 is 0 Å². The van der Waals surface area contributed by atoms with Crippen LogP contribution in [0.1, 0.15) is 48.0 Å². The third-order valence-electron chi connectivity index (χ3n) is 4.01. The number of amides is 1. The lowest BCUT2D eigenvalue weighted by atomic mass is 10.0. The maximum atomic E-state index is 10.8. The predicted octanol–water partition coefficient (Wildman–Crippen LogP) is 4.41. The fraction of sp³-hybridized carbons (Fsp3) is 0.609. The maximum absolute atomic E-state index is 10.8. The first-order chi connectivity index (χ1) is 14.7. The van der Waals surface area contributed by atoms with Gasteiger partial charge in [0.05, 0.1) is 41.5 Å². The largest absolute Gasteiger partial charge is 0.379 e. The summed E-state index contributed by atoms with van der Waals surface area (Å²) in [5.41, 5.74) is 1.84. The first-order valence-electron chi connectivity index (χ1n) is 10.6. The van der Waals surface area contributed by atoms with E-state index in [2.05, 4.69) is 22.2 Å². The second-order valence-corrected chi connectivity index (χ2v) is 7.33. The van der Waals surface area contributed by atoms with Crippen LogP contribution in [0.3, 0.4) is 0 Å². The van der Waals surface area contributed by atoms with E-state index >= 15 is 0 Å². The maximum Gasteiger partial charge on any atom is 0.209 e. The Morgan fingerprint density at radius 2 is 1.81 bits per heavy atom. The van der Waals surface area contributed by atoms with Crippen molar-refractivity contribution >= 4 is 24.0 Å². The molecule has 8 nitrogen and oxygen atoms in total. The topological polar surface area (TPSA) is 99.6 Å². The quantitative estimate of drug-likeness (QED) is 0.450. The third-order valence-corrected chi connectivity index (χ3v) is 4.01. The fourth-order valence-electron chi connectivity index (χ4n) is 2.37. The summed E-state index contributed by atoms with van der Waals surface area (Å²) in [7, 11) is 3.38. The van der Waals surface area contributed by atoms with E-state index in [9.17, 15) is 4.79 Å². The molecule has 1 aliphatic rings. The van der Waals surface area contributed by atoms with Crippen molar-refractivity contribution < 1.29 is 14.3 Å². The average molecular weight is 438 g/mol. The van der Waals surface area contributed by atoms with Crippen LogP contribution in [0.2, 0.25) is 0 Å². The van der Waals surface area contributed by atoms with Crippen molar-refractivity contribution in [2.45, 2.75) is 65.7 Å². The molecular formula is C23H43N5O3. The highest BCUT2D eigenvalue weighted by molar-refractivity contribution is 5.55. The molecule has 8 heteroatoms. The van der Waals surface area contributed by atoms with Crippen LogP contribution in [0.25, 0.3) is 0 Å². The highest BCUT2D eigenvalue weighted by Gasteiger charge is 2.28. The van der Waals surface area contributed by atoms with Gasteiger partial charge < -0.3 is 30.4 Å². The molecule has 2 unspecified atom stereocenters. The first-order valence-corrected chi connectivity index (χ1v) is 10.6. The molecular weight excluding hydrogens is 394 g/mol. The van der Waals surface area contributed by atoms with Gasteiger partial charge in [-0.25, -0.2) is 0 Å². The molecule has 178 valence electrons. The number of methoxy groups -OCH3 is 2. The summed E-state index contributed by atoms with van der Waals surface area (Å²) in [5, 5.41) is 12.5. The summed E-state index contributed by atoms with van der Waals surface area (Å²) in [4.78, 5) is 16.7. The molecule has 31 heavy (non-hydrogen) atoms. The minimum absolute atomic E-state index is 0.0232. The zero-order valence-corrected chi connectivity index (χ0v) is 20.6. The second kappa shape index (κ2) is 18.3. The second-order valence-electron chi connectivity index (χ2n) is 7.33. The van der Waals surface area contributed by atoms with E-state index in [1.54, 1.807) is 44.6 Å². The Morgan fingerprint density at radius 1 is 1.26 bits per heavy atom. The van der Waals surface area contributed by atoms with Crippen LogP contribution in [0, 0.1) is 5.41 Å². The SMILES string of the molecule is C=CNc1cncc(NC2CCN(C=O)CC2OC)c1.CC.CC=N.COC(C)(C)C. The van der Waals surface area contributed by atoms with Gasteiger partial charge in [0.1, 0.15) is 0 Å². The van der Waals surface area contributed by atoms with Gasteiger partial charge in [-0.1, -0.05) is 20.4 Å². The molecule has 1 aliphatic heterocycles. The number of likely N-dealkylation sites (tertiary alicyclic amines) is 1. The van der Waals surface area contributed by atoms with Gasteiger partial charge in [0, 0.05) is 27.3 Å². The number of carbonyl (C=O) groups excluding carboxylic acids is 1. The Morgan fingerprint density at radius 3 is 2.26 bits per heavy atom. The molecule has 3 N–H and O–H groups in total. The number of ether oxygens (including phenoxy) is 2. The molecule has 1 saturated heterocycles. The number of piperidine rings is 1. The molecule has 0 bridgehead atoms. The standard InChI is InChI=1S/C14H20N4O2.C5H12O.C2H5N.C2H6/c1-3-16-11-6-12(8-15-7-11)17-13-4-5-18(10-19)9-14(13)20-2;1-5(2,3)6-4;1-2-3;1-2/h3,6-8,10,13-14,16-17H,1,4-5,9H2,2H3;1-4H3;2-3H,1H3;1-2H3. The van der Waals surface area contributed by atoms with Gasteiger partial charge in [0.25, 0.3) is 0 Å². The van der Waals surface area contributed by atoms with Gasteiger partial charge in [-0.05, 0) is 52.6 Å². The van der Waals surface area contributed by atoms with E-state index in [1.807, 2.05) is 40.7 Å². The minimum Gasteiger partial charge on any atom is -0.379 e. The lowest BCUT2D eigenvalue weighted by molar-refractivity contribution is -0.121. The molecule has 0 saturated carbocycles. The van der Waals surface area contributed by atoms with Crippen LogP contribution in [0.15, 0.2) is 31.2 Å². The number of nitrogens with zero attached hydrogens (tertiary/aromatic N) is 2. The number of pyridine rings is 1. The number of anilines is 2. The number of aromatic nitrogens is 1. The van der Waals surface area contributed by atoms with Gasteiger partial charge in [-0.3, -0.25) is 9.78 Å². The van der Waals surface area contributed by atoms with Crippen LogP contribution in [0.4, 0.5) is 11.4 Å². The van der Waals surface area contributed by atoms with Crippen molar-refractivity contribution in [3.05, 3.63) is 31.2 Å². The Hall–Kier alpha value is -2.45. The molecule has 2 heterocycles. The molecule has 0 radical (unpaired) electrons. The van der Waals surface area contributed by atoms with E-state index in [0.29, 0.717) is 6.54 Å².